The molecule has 0 radical (unpaired) electrons. The van der Waals surface area contributed by atoms with Crippen LogP contribution in [0, 0.1) is 0 Å². The predicted octanol–water partition coefficient (Wildman–Crippen LogP) is 3.29. The number of para-hydroxylation sites is 1. The van der Waals surface area contributed by atoms with Crippen molar-refractivity contribution in [3.05, 3.63) is 89.9 Å². The van der Waals surface area contributed by atoms with E-state index in [1.807, 2.05) is 36.4 Å². The lowest BCUT2D eigenvalue weighted by Gasteiger charge is -2.22. The molecule has 0 bridgehead atoms. The van der Waals surface area contributed by atoms with Gasteiger partial charge in [0.1, 0.15) is 0 Å². The van der Waals surface area contributed by atoms with Gasteiger partial charge in [-0.25, -0.2) is 0 Å². The highest BCUT2D eigenvalue weighted by Crippen LogP contribution is 2.43. The highest BCUT2D eigenvalue weighted by atomic mass is 16.3. The molecule has 0 unspecified atom stereocenters. The Morgan fingerprint density at radius 3 is 2.46 bits per heavy atom. The van der Waals surface area contributed by atoms with E-state index in [2.05, 4.69) is 0 Å². The fourth-order valence-electron chi connectivity index (χ4n) is 3.36. The van der Waals surface area contributed by atoms with Gasteiger partial charge in [0.05, 0.1) is 24.9 Å². The number of nitrogens with zero attached hydrogens (tertiary/aromatic N) is 1. The number of fused-ring (bicyclic) bond motifs is 1. The van der Waals surface area contributed by atoms with Crippen molar-refractivity contribution >= 4 is 17.4 Å². The van der Waals surface area contributed by atoms with Crippen LogP contribution in [0.25, 0.3) is 0 Å². The summed E-state index contributed by atoms with van der Waals surface area (Å²) in [4.78, 5) is 27.1. The molecule has 4 rings (SSSR count). The molecular formula is C21H17NO4. The lowest BCUT2D eigenvalue weighted by molar-refractivity contribution is -0.136. The summed E-state index contributed by atoms with van der Waals surface area (Å²) in [5, 5.41) is 11.2. The van der Waals surface area contributed by atoms with Crippen LogP contribution in [0.4, 0.5) is 5.69 Å². The van der Waals surface area contributed by atoms with E-state index >= 15 is 0 Å². The molecule has 1 amide bonds. The van der Waals surface area contributed by atoms with Crippen molar-refractivity contribution in [1.29, 1.82) is 0 Å². The van der Waals surface area contributed by atoms with Crippen molar-refractivity contribution in [1.82, 2.24) is 0 Å². The highest BCUT2D eigenvalue weighted by Gasteiger charge is 2.51. The number of ketones is 1. The summed E-state index contributed by atoms with van der Waals surface area (Å²) in [7, 11) is 0. The molecule has 2 aromatic carbocycles. The molecule has 0 saturated carbocycles. The van der Waals surface area contributed by atoms with Gasteiger partial charge in [-0.1, -0.05) is 48.5 Å². The minimum absolute atomic E-state index is 0.130. The van der Waals surface area contributed by atoms with E-state index < -0.39 is 17.3 Å². The standard InChI is InChI=1S/C21H17NO4/c23-18(19-11-6-12-26-19)13-21(25)16-9-4-5-10-17(16)22(20(21)24)14-15-7-2-1-3-8-15/h1-12,25H,13-14H2/t21-/m0/s1. The Hall–Kier alpha value is -3.18. The number of amides is 1. The average Bonchev–Trinajstić information content (AvgIpc) is 3.26. The Labute approximate surface area is 150 Å². The normalized spacial score (nSPS) is 18.8. The van der Waals surface area contributed by atoms with E-state index in [0.717, 1.165) is 5.56 Å². The zero-order valence-corrected chi connectivity index (χ0v) is 14.0. The predicted molar refractivity (Wildman–Crippen MR) is 95.6 cm³/mol. The van der Waals surface area contributed by atoms with E-state index in [1.165, 1.54) is 17.2 Å². The molecule has 2 heterocycles. The van der Waals surface area contributed by atoms with Crippen molar-refractivity contribution < 1.29 is 19.1 Å². The monoisotopic (exact) mass is 347 g/mol. The second-order valence-electron chi connectivity index (χ2n) is 6.33. The first-order valence-corrected chi connectivity index (χ1v) is 8.34. The minimum Gasteiger partial charge on any atom is -0.461 e. The van der Waals surface area contributed by atoms with Crippen LogP contribution < -0.4 is 4.90 Å². The van der Waals surface area contributed by atoms with Gasteiger partial charge in [0, 0.05) is 5.56 Å². The summed E-state index contributed by atoms with van der Waals surface area (Å²) in [6.07, 6.45) is 1.03. The fraction of sp³-hybridized carbons (Fsp3) is 0.143. The molecule has 1 N–H and O–H groups in total. The maximum absolute atomic E-state index is 13.1. The van der Waals surface area contributed by atoms with E-state index in [9.17, 15) is 14.7 Å². The van der Waals surface area contributed by atoms with Crippen molar-refractivity contribution in [2.45, 2.75) is 18.6 Å². The van der Waals surface area contributed by atoms with E-state index in [4.69, 9.17) is 4.42 Å². The maximum Gasteiger partial charge on any atom is 0.264 e. The first kappa shape index (κ1) is 16.3. The third kappa shape index (κ3) is 2.62. The first-order chi connectivity index (χ1) is 12.6. The van der Waals surface area contributed by atoms with Crippen LogP contribution in [-0.2, 0) is 16.9 Å². The third-order valence-electron chi connectivity index (χ3n) is 4.64. The topological polar surface area (TPSA) is 70.8 Å². The Balaban J connectivity index is 1.70. The van der Waals surface area contributed by atoms with Crippen LogP contribution in [0.15, 0.2) is 77.4 Å². The average molecular weight is 347 g/mol. The lowest BCUT2D eigenvalue weighted by Crippen LogP contribution is -2.41. The Kier molecular flexibility index (Phi) is 3.93. The summed E-state index contributed by atoms with van der Waals surface area (Å²) < 4.78 is 5.11. The van der Waals surface area contributed by atoms with Crippen LogP contribution >= 0.6 is 0 Å². The second-order valence-corrected chi connectivity index (χ2v) is 6.33. The summed E-state index contributed by atoms with van der Waals surface area (Å²) in [5.41, 5.74) is 0.115. The van der Waals surface area contributed by atoms with Crippen molar-refractivity contribution in [2.24, 2.45) is 0 Å². The van der Waals surface area contributed by atoms with Gasteiger partial charge in [0.2, 0.25) is 5.78 Å². The van der Waals surface area contributed by atoms with Gasteiger partial charge in [-0.15, -0.1) is 0 Å². The molecule has 1 aliphatic rings. The molecule has 5 heteroatoms. The van der Waals surface area contributed by atoms with Crippen LogP contribution in [0.5, 0.6) is 0 Å². The Morgan fingerprint density at radius 2 is 1.73 bits per heavy atom. The molecule has 0 fully saturated rings. The summed E-state index contributed by atoms with van der Waals surface area (Å²) in [6.45, 7) is 0.327. The number of benzene rings is 2. The smallest absolute Gasteiger partial charge is 0.264 e. The molecule has 1 aromatic heterocycles. The molecular weight excluding hydrogens is 330 g/mol. The Morgan fingerprint density at radius 1 is 1.00 bits per heavy atom. The molecule has 1 aliphatic heterocycles. The number of carbonyl (C=O) groups excluding carboxylic acids is 2. The van der Waals surface area contributed by atoms with Gasteiger partial charge in [-0.05, 0) is 23.8 Å². The lowest BCUT2D eigenvalue weighted by atomic mass is 9.89. The molecule has 0 saturated heterocycles. The first-order valence-electron chi connectivity index (χ1n) is 8.34. The number of hydrogen-bond acceptors (Lipinski definition) is 4. The number of carbonyl (C=O) groups is 2. The van der Waals surface area contributed by atoms with E-state index in [-0.39, 0.29) is 12.2 Å². The molecule has 0 aliphatic carbocycles. The second kappa shape index (κ2) is 6.28. The SMILES string of the molecule is O=C(C[C@@]1(O)C(=O)N(Cc2ccccc2)c2ccccc21)c1ccco1. The largest absolute Gasteiger partial charge is 0.461 e. The van der Waals surface area contributed by atoms with Gasteiger partial charge in [0.15, 0.2) is 11.4 Å². The van der Waals surface area contributed by atoms with Crippen molar-refractivity contribution in [3.8, 4) is 0 Å². The van der Waals surface area contributed by atoms with Gasteiger partial charge in [-0.2, -0.15) is 0 Å². The van der Waals surface area contributed by atoms with Gasteiger partial charge in [0.25, 0.3) is 5.91 Å². The molecule has 0 spiro atoms. The van der Waals surface area contributed by atoms with Gasteiger partial charge in [-0.3, -0.25) is 9.59 Å². The van der Waals surface area contributed by atoms with Gasteiger partial charge < -0.3 is 14.4 Å². The Bertz CT molecular complexity index is 949. The maximum atomic E-state index is 13.1. The van der Waals surface area contributed by atoms with Crippen LogP contribution in [0.3, 0.4) is 0 Å². The van der Waals surface area contributed by atoms with E-state index in [1.54, 1.807) is 24.3 Å². The summed E-state index contributed by atoms with van der Waals surface area (Å²) in [5.74, 6) is -0.783. The summed E-state index contributed by atoms with van der Waals surface area (Å²) >= 11 is 0. The molecule has 5 nitrogen and oxygen atoms in total. The highest BCUT2D eigenvalue weighted by molar-refractivity contribution is 6.10. The van der Waals surface area contributed by atoms with E-state index in [0.29, 0.717) is 17.8 Å². The number of Topliss-reactive ketones (excluding diaryl/α,β-unsaturated/α-hetero) is 1. The molecule has 3 aromatic rings. The van der Waals surface area contributed by atoms with Crippen LogP contribution in [0.1, 0.15) is 28.1 Å². The number of rotatable bonds is 5. The zero-order chi connectivity index (χ0) is 18.1. The fourth-order valence-corrected chi connectivity index (χ4v) is 3.36. The molecule has 130 valence electrons. The number of furan rings is 1. The quantitative estimate of drug-likeness (QED) is 0.719. The number of anilines is 1. The van der Waals surface area contributed by atoms with Crippen LogP contribution in [0.2, 0.25) is 0 Å². The minimum atomic E-state index is -1.89. The van der Waals surface area contributed by atoms with Gasteiger partial charge >= 0.3 is 0 Å². The van der Waals surface area contributed by atoms with Crippen molar-refractivity contribution in [2.75, 3.05) is 4.90 Å². The van der Waals surface area contributed by atoms with Crippen LogP contribution in [-0.4, -0.2) is 16.8 Å². The number of hydrogen-bond donors (Lipinski definition) is 1. The van der Waals surface area contributed by atoms with Crippen molar-refractivity contribution in [3.63, 3.8) is 0 Å². The molecule has 1 atom stereocenters. The third-order valence-corrected chi connectivity index (χ3v) is 4.64. The number of aliphatic hydroxyl groups is 1. The molecule has 26 heavy (non-hydrogen) atoms. The summed E-state index contributed by atoms with van der Waals surface area (Å²) in [6, 6.07) is 19.7. The zero-order valence-electron chi connectivity index (χ0n) is 14.0.